The second-order valence-corrected chi connectivity index (χ2v) is 3.93. The van der Waals surface area contributed by atoms with E-state index in [0.29, 0.717) is 5.56 Å². The molecule has 0 aliphatic carbocycles. The first kappa shape index (κ1) is 15.1. The summed E-state index contributed by atoms with van der Waals surface area (Å²) in [6.07, 6.45) is 0.203. The molecule has 6 heteroatoms. The molecule has 0 radical (unpaired) electrons. The number of rotatable bonds is 6. The van der Waals surface area contributed by atoms with Crippen molar-refractivity contribution in [2.75, 3.05) is 13.1 Å². The predicted octanol–water partition coefficient (Wildman–Crippen LogP) is 0.503. The molecular formula is C13H18N2O4. The Morgan fingerprint density at radius 3 is 2.21 bits per heavy atom. The van der Waals surface area contributed by atoms with Crippen molar-refractivity contribution in [3.05, 3.63) is 23.8 Å². The zero-order valence-corrected chi connectivity index (χ0v) is 10.8. The summed E-state index contributed by atoms with van der Waals surface area (Å²) in [5.41, 5.74) is 11.2. The topological polar surface area (TPSA) is 105 Å². The Balaban J connectivity index is 2.88. The van der Waals surface area contributed by atoms with Crippen molar-refractivity contribution < 1.29 is 19.1 Å². The van der Waals surface area contributed by atoms with Gasteiger partial charge in [0, 0.05) is 13.1 Å². The van der Waals surface area contributed by atoms with E-state index in [2.05, 4.69) is 0 Å². The molecule has 0 saturated heterocycles. The van der Waals surface area contributed by atoms with Gasteiger partial charge in [0.25, 0.3) is 0 Å². The third-order valence-electron chi connectivity index (χ3n) is 2.31. The van der Waals surface area contributed by atoms with Gasteiger partial charge < -0.3 is 20.9 Å². The molecule has 0 amide bonds. The highest BCUT2D eigenvalue weighted by Gasteiger charge is 2.15. The van der Waals surface area contributed by atoms with Crippen molar-refractivity contribution in [1.82, 2.24) is 0 Å². The van der Waals surface area contributed by atoms with E-state index in [1.54, 1.807) is 25.1 Å². The van der Waals surface area contributed by atoms with E-state index >= 15 is 0 Å². The van der Waals surface area contributed by atoms with Crippen LogP contribution in [0.4, 0.5) is 0 Å². The van der Waals surface area contributed by atoms with Crippen LogP contribution in [0, 0.1) is 6.92 Å². The highest BCUT2D eigenvalue weighted by molar-refractivity contribution is 5.77. The van der Waals surface area contributed by atoms with Crippen LogP contribution >= 0.6 is 0 Å². The van der Waals surface area contributed by atoms with Gasteiger partial charge in [-0.1, -0.05) is 12.1 Å². The minimum atomic E-state index is -0.468. The summed E-state index contributed by atoms with van der Waals surface area (Å²) in [6, 6.07) is 5.03. The molecule has 19 heavy (non-hydrogen) atoms. The van der Waals surface area contributed by atoms with Gasteiger partial charge in [0.1, 0.15) is 0 Å². The van der Waals surface area contributed by atoms with E-state index in [0.717, 1.165) is 0 Å². The monoisotopic (exact) mass is 266 g/mol. The highest BCUT2D eigenvalue weighted by atomic mass is 16.6. The number of aryl methyl sites for hydroxylation is 1. The summed E-state index contributed by atoms with van der Waals surface area (Å²) < 4.78 is 10.3. The Kier molecular flexibility index (Phi) is 5.98. The van der Waals surface area contributed by atoms with Crippen molar-refractivity contribution in [1.29, 1.82) is 0 Å². The lowest BCUT2D eigenvalue weighted by Crippen LogP contribution is -2.17. The Morgan fingerprint density at radius 2 is 1.63 bits per heavy atom. The maximum Gasteiger partial charge on any atom is 0.312 e. The average Bonchev–Trinajstić information content (AvgIpc) is 2.34. The van der Waals surface area contributed by atoms with Crippen LogP contribution in [-0.2, 0) is 9.59 Å². The van der Waals surface area contributed by atoms with E-state index in [-0.39, 0.29) is 37.4 Å². The number of para-hydroxylation sites is 1. The predicted molar refractivity (Wildman–Crippen MR) is 69.8 cm³/mol. The molecule has 0 aromatic heterocycles. The number of carbonyl (C=O) groups excluding carboxylic acids is 2. The third-order valence-corrected chi connectivity index (χ3v) is 2.31. The second-order valence-electron chi connectivity index (χ2n) is 3.93. The van der Waals surface area contributed by atoms with Crippen molar-refractivity contribution in [2.45, 2.75) is 19.8 Å². The lowest BCUT2D eigenvalue weighted by Gasteiger charge is -2.12. The van der Waals surface area contributed by atoms with E-state index in [4.69, 9.17) is 20.9 Å². The van der Waals surface area contributed by atoms with E-state index in [9.17, 15) is 9.59 Å². The van der Waals surface area contributed by atoms with E-state index < -0.39 is 11.9 Å². The van der Waals surface area contributed by atoms with Crippen LogP contribution < -0.4 is 20.9 Å². The fraction of sp³-hybridized carbons (Fsp3) is 0.385. The van der Waals surface area contributed by atoms with Crippen molar-refractivity contribution in [3.63, 3.8) is 0 Å². The molecule has 1 rings (SSSR count). The maximum atomic E-state index is 11.5. The van der Waals surface area contributed by atoms with Gasteiger partial charge in [0.2, 0.25) is 0 Å². The van der Waals surface area contributed by atoms with Crippen LogP contribution in [0.3, 0.4) is 0 Å². The van der Waals surface area contributed by atoms with Crippen molar-refractivity contribution in [2.24, 2.45) is 11.5 Å². The molecule has 0 heterocycles. The van der Waals surface area contributed by atoms with Gasteiger partial charge in [-0.25, -0.2) is 0 Å². The molecule has 0 bridgehead atoms. The molecule has 0 aliphatic heterocycles. The molecule has 0 spiro atoms. The fourth-order valence-electron chi connectivity index (χ4n) is 1.41. The number of hydrogen-bond acceptors (Lipinski definition) is 6. The van der Waals surface area contributed by atoms with Crippen molar-refractivity contribution >= 4 is 11.9 Å². The number of carbonyl (C=O) groups is 2. The molecular weight excluding hydrogens is 248 g/mol. The van der Waals surface area contributed by atoms with Gasteiger partial charge >= 0.3 is 11.9 Å². The van der Waals surface area contributed by atoms with Gasteiger partial charge in [-0.3, -0.25) is 9.59 Å². The van der Waals surface area contributed by atoms with Crippen LogP contribution in [0.1, 0.15) is 18.4 Å². The fourth-order valence-corrected chi connectivity index (χ4v) is 1.41. The van der Waals surface area contributed by atoms with Gasteiger partial charge in [-0.05, 0) is 18.6 Å². The summed E-state index contributed by atoms with van der Waals surface area (Å²) in [7, 11) is 0. The Labute approximate surface area is 111 Å². The molecule has 1 aromatic rings. The van der Waals surface area contributed by atoms with Crippen LogP contribution in [0.15, 0.2) is 18.2 Å². The maximum absolute atomic E-state index is 11.5. The summed E-state index contributed by atoms with van der Waals surface area (Å²) in [4.78, 5) is 22.9. The molecule has 0 fully saturated rings. The first-order valence-corrected chi connectivity index (χ1v) is 5.99. The van der Waals surface area contributed by atoms with Crippen LogP contribution in [0.5, 0.6) is 11.5 Å². The van der Waals surface area contributed by atoms with Crippen LogP contribution in [0.2, 0.25) is 0 Å². The molecule has 0 aliphatic rings. The minimum Gasteiger partial charge on any atom is -0.422 e. The number of ether oxygens (including phenoxy) is 2. The van der Waals surface area contributed by atoms with Crippen molar-refractivity contribution in [3.8, 4) is 11.5 Å². The molecule has 0 saturated carbocycles. The SMILES string of the molecule is Cc1cccc(OC(=O)CCN)c1OC(=O)CCN. The lowest BCUT2D eigenvalue weighted by molar-refractivity contribution is -0.137. The summed E-state index contributed by atoms with van der Waals surface area (Å²) >= 11 is 0. The summed E-state index contributed by atoms with van der Waals surface area (Å²) in [6.45, 7) is 2.16. The van der Waals surface area contributed by atoms with Crippen LogP contribution in [-0.4, -0.2) is 25.0 Å². The smallest absolute Gasteiger partial charge is 0.312 e. The van der Waals surface area contributed by atoms with Gasteiger partial charge in [0.05, 0.1) is 12.8 Å². The number of hydrogen-bond donors (Lipinski definition) is 2. The van der Waals surface area contributed by atoms with E-state index in [1.807, 2.05) is 0 Å². The van der Waals surface area contributed by atoms with Crippen LogP contribution in [0.25, 0.3) is 0 Å². The molecule has 0 unspecified atom stereocenters. The highest BCUT2D eigenvalue weighted by Crippen LogP contribution is 2.31. The standard InChI is InChI=1S/C13H18N2O4/c1-9-3-2-4-10(18-11(16)5-7-14)13(9)19-12(17)6-8-15/h2-4H,5-8,14-15H2,1H3. The first-order valence-electron chi connectivity index (χ1n) is 5.99. The Hall–Kier alpha value is -1.92. The minimum absolute atomic E-state index is 0.101. The Bertz CT molecular complexity index is 460. The molecule has 6 nitrogen and oxygen atoms in total. The van der Waals surface area contributed by atoms with Gasteiger partial charge in [0.15, 0.2) is 11.5 Å². The quantitative estimate of drug-likeness (QED) is 0.574. The second kappa shape index (κ2) is 7.50. The Morgan fingerprint density at radius 1 is 1.05 bits per heavy atom. The lowest BCUT2D eigenvalue weighted by atomic mass is 10.2. The number of benzene rings is 1. The third kappa shape index (κ3) is 4.69. The largest absolute Gasteiger partial charge is 0.422 e. The van der Waals surface area contributed by atoms with E-state index in [1.165, 1.54) is 0 Å². The first-order chi connectivity index (χ1) is 9.08. The molecule has 4 N–H and O–H groups in total. The summed E-state index contributed by atoms with van der Waals surface area (Å²) in [5.74, 6) is -0.479. The van der Waals surface area contributed by atoms with Gasteiger partial charge in [-0.15, -0.1) is 0 Å². The zero-order valence-electron chi connectivity index (χ0n) is 10.8. The summed E-state index contributed by atoms with van der Waals surface area (Å²) in [5, 5.41) is 0. The molecule has 104 valence electrons. The normalized spacial score (nSPS) is 10.1. The van der Waals surface area contributed by atoms with Gasteiger partial charge in [-0.2, -0.15) is 0 Å². The molecule has 0 atom stereocenters. The zero-order chi connectivity index (χ0) is 14.3. The average molecular weight is 266 g/mol. The molecule has 1 aromatic carbocycles. The number of esters is 2. The number of nitrogens with two attached hydrogens (primary N) is 2.